The number of carbonyl (C=O) groups excluding carboxylic acids is 1. The fourth-order valence-electron chi connectivity index (χ4n) is 3.68. The van der Waals surface area contributed by atoms with Gasteiger partial charge in [0.25, 0.3) is 5.91 Å². The lowest BCUT2D eigenvalue weighted by Crippen LogP contribution is -2.34. The Balaban J connectivity index is 1.41. The van der Waals surface area contributed by atoms with Crippen LogP contribution in [0.5, 0.6) is 5.75 Å². The number of benzene rings is 1. The van der Waals surface area contributed by atoms with E-state index >= 15 is 0 Å². The third-order valence-electron chi connectivity index (χ3n) is 5.14. The maximum absolute atomic E-state index is 12.6. The Labute approximate surface area is 169 Å². The van der Waals surface area contributed by atoms with Crippen molar-refractivity contribution in [3.63, 3.8) is 0 Å². The third-order valence-corrected chi connectivity index (χ3v) is 5.14. The van der Waals surface area contributed by atoms with Crippen molar-refractivity contribution in [2.45, 2.75) is 25.3 Å². The van der Waals surface area contributed by atoms with Crippen molar-refractivity contribution in [3.05, 3.63) is 71.9 Å². The summed E-state index contributed by atoms with van der Waals surface area (Å²) in [5.41, 5.74) is 2.48. The standard InChI is InChI=1S/C22H24N4O3/c1-28-20-10-3-2-9-18(20)24-22(27)21-13-19(25-29-21)16-7-6-12-26(14-16)15-17-8-4-5-11-23-17/h2-5,8-11,13,16H,6-7,12,14-15H2,1H3,(H,24,27)/t16-/m0/s1. The summed E-state index contributed by atoms with van der Waals surface area (Å²) in [6.07, 6.45) is 3.92. The number of methoxy groups -OCH3 is 1. The molecular weight excluding hydrogens is 368 g/mol. The minimum atomic E-state index is -0.339. The third kappa shape index (κ3) is 4.63. The molecule has 29 heavy (non-hydrogen) atoms. The lowest BCUT2D eigenvalue weighted by Gasteiger charge is -2.31. The van der Waals surface area contributed by atoms with Gasteiger partial charge in [0.1, 0.15) is 5.75 Å². The van der Waals surface area contributed by atoms with Crippen molar-refractivity contribution in [2.24, 2.45) is 0 Å². The van der Waals surface area contributed by atoms with Gasteiger partial charge < -0.3 is 14.6 Å². The first kappa shape index (κ1) is 19.1. The Kier molecular flexibility index (Phi) is 5.86. The first-order chi connectivity index (χ1) is 14.2. The molecule has 0 radical (unpaired) electrons. The first-order valence-corrected chi connectivity index (χ1v) is 9.76. The Morgan fingerprint density at radius 3 is 2.97 bits per heavy atom. The Morgan fingerprint density at radius 2 is 2.14 bits per heavy atom. The minimum Gasteiger partial charge on any atom is -0.495 e. The molecule has 1 fully saturated rings. The van der Waals surface area contributed by atoms with Crippen molar-refractivity contribution in [1.82, 2.24) is 15.0 Å². The van der Waals surface area contributed by atoms with Gasteiger partial charge in [-0.25, -0.2) is 0 Å². The first-order valence-electron chi connectivity index (χ1n) is 9.76. The van der Waals surface area contributed by atoms with E-state index in [-0.39, 0.29) is 17.6 Å². The number of anilines is 1. The lowest BCUT2D eigenvalue weighted by atomic mass is 9.94. The number of amides is 1. The predicted molar refractivity (Wildman–Crippen MR) is 109 cm³/mol. The number of pyridine rings is 1. The van der Waals surface area contributed by atoms with Crippen LogP contribution in [0.1, 0.15) is 40.7 Å². The molecule has 150 valence electrons. The molecule has 1 amide bonds. The summed E-state index contributed by atoms with van der Waals surface area (Å²) in [6.45, 7) is 2.72. The zero-order valence-electron chi connectivity index (χ0n) is 16.4. The summed E-state index contributed by atoms with van der Waals surface area (Å²) < 4.78 is 10.6. The second-order valence-electron chi connectivity index (χ2n) is 7.17. The van der Waals surface area contributed by atoms with E-state index in [0.717, 1.165) is 43.9 Å². The predicted octanol–water partition coefficient (Wildman–Crippen LogP) is 3.71. The molecule has 1 atom stereocenters. The highest BCUT2D eigenvalue weighted by Gasteiger charge is 2.26. The van der Waals surface area contributed by atoms with Gasteiger partial charge in [-0.3, -0.25) is 14.7 Å². The minimum absolute atomic E-state index is 0.202. The molecule has 0 saturated carbocycles. The molecule has 0 bridgehead atoms. The molecule has 7 nitrogen and oxygen atoms in total. The van der Waals surface area contributed by atoms with Crippen LogP contribution in [0.25, 0.3) is 0 Å². The molecule has 1 aromatic carbocycles. The number of ether oxygens (including phenoxy) is 1. The number of hydrogen-bond acceptors (Lipinski definition) is 6. The summed E-state index contributed by atoms with van der Waals surface area (Å²) >= 11 is 0. The number of carbonyl (C=O) groups is 1. The highest BCUT2D eigenvalue weighted by molar-refractivity contribution is 6.03. The number of nitrogens with one attached hydrogen (secondary N) is 1. The Bertz CT molecular complexity index is 957. The number of rotatable bonds is 6. The summed E-state index contributed by atoms with van der Waals surface area (Å²) in [4.78, 5) is 19.4. The van der Waals surface area contributed by atoms with E-state index in [9.17, 15) is 4.79 Å². The molecule has 0 aliphatic carbocycles. The smallest absolute Gasteiger partial charge is 0.294 e. The monoisotopic (exact) mass is 392 g/mol. The molecule has 4 rings (SSSR count). The number of aromatic nitrogens is 2. The molecule has 1 aliphatic heterocycles. The molecule has 1 aliphatic rings. The second-order valence-corrected chi connectivity index (χ2v) is 7.17. The summed E-state index contributed by atoms with van der Waals surface area (Å²) in [6, 6.07) is 15.0. The summed E-state index contributed by atoms with van der Waals surface area (Å²) in [7, 11) is 1.57. The van der Waals surface area contributed by atoms with Crippen LogP contribution in [-0.2, 0) is 6.54 Å². The molecule has 2 aromatic heterocycles. The number of piperidine rings is 1. The molecule has 0 spiro atoms. The van der Waals surface area contributed by atoms with Crippen LogP contribution in [0.3, 0.4) is 0 Å². The van der Waals surface area contributed by atoms with E-state index < -0.39 is 0 Å². The van der Waals surface area contributed by atoms with Crippen molar-refractivity contribution < 1.29 is 14.1 Å². The van der Waals surface area contributed by atoms with Crippen LogP contribution >= 0.6 is 0 Å². The normalized spacial score (nSPS) is 17.1. The van der Waals surface area contributed by atoms with Crippen LogP contribution in [-0.4, -0.2) is 41.1 Å². The van der Waals surface area contributed by atoms with Crippen LogP contribution in [0.2, 0.25) is 0 Å². The Hall–Kier alpha value is -3.19. The van der Waals surface area contributed by atoms with Gasteiger partial charge in [0.2, 0.25) is 5.76 Å². The maximum atomic E-state index is 12.6. The number of hydrogen-bond donors (Lipinski definition) is 1. The average Bonchev–Trinajstić information content (AvgIpc) is 3.26. The quantitative estimate of drug-likeness (QED) is 0.689. The van der Waals surface area contributed by atoms with Crippen LogP contribution < -0.4 is 10.1 Å². The summed E-state index contributed by atoms with van der Waals surface area (Å²) in [5.74, 6) is 0.698. The SMILES string of the molecule is COc1ccccc1NC(=O)c1cc([C@H]2CCCN(Cc3ccccn3)C2)no1. The number of para-hydroxylation sites is 2. The lowest BCUT2D eigenvalue weighted by molar-refractivity contribution is 0.0987. The van der Waals surface area contributed by atoms with Crippen molar-refractivity contribution in [1.29, 1.82) is 0 Å². The summed E-state index contributed by atoms with van der Waals surface area (Å²) in [5, 5.41) is 7.00. The molecule has 1 saturated heterocycles. The van der Waals surface area contributed by atoms with Gasteiger partial charge in [-0.1, -0.05) is 23.4 Å². The average molecular weight is 392 g/mol. The highest BCUT2D eigenvalue weighted by atomic mass is 16.5. The van der Waals surface area contributed by atoms with E-state index in [2.05, 4.69) is 20.4 Å². The molecule has 3 heterocycles. The molecule has 7 heteroatoms. The largest absolute Gasteiger partial charge is 0.495 e. The Morgan fingerprint density at radius 1 is 1.28 bits per heavy atom. The highest BCUT2D eigenvalue weighted by Crippen LogP contribution is 2.28. The molecule has 3 aromatic rings. The van der Waals surface area contributed by atoms with Crippen LogP contribution in [0.4, 0.5) is 5.69 Å². The van der Waals surface area contributed by atoms with Crippen LogP contribution in [0.15, 0.2) is 59.3 Å². The van der Waals surface area contributed by atoms with E-state index in [4.69, 9.17) is 9.26 Å². The van der Waals surface area contributed by atoms with E-state index in [0.29, 0.717) is 11.4 Å². The van der Waals surface area contributed by atoms with Crippen molar-refractivity contribution in [3.8, 4) is 5.75 Å². The van der Waals surface area contributed by atoms with Gasteiger partial charge in [0.05, 0.1) is 24.2 Å². The fourth-order valence-corrected chi connectivity index (χ4v) is 3.68. The second kappa shape index (κ2) is 8.87. The molecule has 1 N–H and O–H groups in total. The van der Waals surface area contributed by atoms with E-state index in [1.165, 1.54) is 0 Å². The van der Waals surface area contributed by atoms with E-state index in [1.54, 1.807) is 25.3 Å². The van der Waals surface area contributed by atoms with Crippen molar-refractivity contribution >= 4 is 11.6 Å². The van der Waals surface area contributed by atoms with Crippen LogP contribution in [0, 0.1) is 0 Å². The van der Waals surface area contributed by atoms with Gasteiger partial charge in [-0.2, -0.15) is 0 Å². The number of nitrogens with zero attached hydrogens (tertiary/aromatic N) is 3. The maximum Gasteiger partial charge on any atom is 0.294 e. The van der Waals surface area contributed by atoms with Gasteiger partial charge in [-0.15, -0.1) is 0 Å². The fraction of sp³-hybridized carbons (Fsp3) is 0.318. The van der Waals surface area contributed by atoms with Gasteiger partial charge in [0.15, 0.2) is 0 Å². The zero-order valence-corrected chi connectivity index (χ0v) is 16.4. The van der Waals surface area contributed by atoms with E-state index in [1.807, 2.05) is 36.5 Å². The zero-order chi connectivity index (χ0) is 20.1. The van der Waals surface area contributed by atoms with Gasteiger partial charge in [0, 0.05) is 31.3 Å². The van der Waals surface area contributed by atoms with Crippen molar-refractivity contribution in [2.75, 3.05) is 25.5 Å². The van der Waals surface area contributed by atoms with Gasteiger partial charge >= 0.3 is 0 Å². The molecular formula is C22H24N4O3. The number of likely N-dealkylation sites (tertiary alicyclic amines) is 1. The van der Waals surface area contributed by atoms with Gasteiger partial charge in [-0.05, 0) is 43.7 Å². The topological polar surface area (TPSA) is 80.5 Å². The molecule has 0 unspecified atom stereocenters.